The zero-order valence-electron chi connectivity index (χ0n) is 13.6. The predicted octanol–water partition coefficient (Wildman–Crippen LogP) is 1.49. The van der Waals surface area contributed by atoms with Crippen LogP contribution >= 0.6 is 0 Å². The van der Waals surface area contributed by atoms with Crippen LogP contribution in [-0.2, 0) is 9.53 Å². The number of carbonyl (C=O) groups excluding carboxylic acids is 2. The van der Waals surface area contributed by atoms with Gasteiger partial charge in [0.05, 0.1) is 5.69 Å². The van der Waals surface area contributed by atoms with E-state index in [1.807, 2.05) is 18.2 Å². The highest BCUT2D eigenvalue weighted by Gasteiger charge is 2.46. The molecule has 7 heteroatoms. The molecule has 2 saturated heterocycles. The molecule has 3 aliphatic heterocycles. The Morgan fingerprint density at radius 1 is 1.33 bits per heavy atom. The Morgan fingerprint density at radius 2 is 2.17 bits per heavy atom. The third-order valence-corrected chi connectivity index (χ3v) is 5.04. The zero-order chi connectivity index (χ0) is 16.8. The highest BCUT2D eigenvalue weighted by Crippen LogP contribution is 2.41. The Morgan fingerprint density at radius 3 is 2.92 bits per heavy atom. The summed E-state index contributed by atoms with van der Waals surface area (Å²) in [5, 5.41) is 0. The van der Waals surface area contributed by atoms with Crippen LogP contribution in [-0.4, -0.2) is 43.8 Å². The third kappa shape index (κ3) is 2.31. The molecule has 3 aliphatic rings. The number of benzene rings is 1. The lowest BCUT2D eigenvalue weighted by atomic mass is 9.98. The van der Waals surface area contributed by atoms with Gasteiger partial charge in [0.1, 0.15) is 24.5 Å². The number of hydrogen-bond donors (Lipinski definition) is 1. The number of fused-ring (bicyclic) bond motifs is 3. The maximum absolute atomic E-state index is 12.3. The summed E-state index contributed by atoms with van der Waals surface area (Å²) in [5.74, 6) is 1.16. The van der Waals surface area contributed by atoms with E-state index in [9.17, 15) is 9.59 Å². The molecular weight excluding hydrogens is 310 g/mol. The van der Waals surface area contributed by atoms with E-state index in [1.54, 1.807) is 9.80 Å². The Bertz CT molecular complexity index is 692. The largest absolute Gasteiger partial charge is 0.489 e. The van der Waals surface area contributed by atoms with Gasteiger partial charge < -0.3 is 20.1 Å². The van der Waals surface area contributed by atoms with Crippen LogP contribution in [0.25, 0.3) is 0 Å². The van der Waals surface area contributed by atoms with E-state index in [-0.39, 0.29) is 24.6 Å². The van der Waals surface area contributed by atoms with Crippen molar-refractivity contribution in [3.05, 3.63) is 18.2 Å². The molecule has 0 radical (unpaired) electrons. The van der Waals surface area contributed by atoms with Crippen molar-refractivity contribution in [1.82, 2.24) is 0 Å². The van der Waals surface area contributed by atoms with Gasteiger partial charge in [-0.2, -0.15) is 0 Å². The number of ether oxygens (including phenoxy) is 2. The van der Waals surface area contributed by atoms with E-state index in [2.05, 4.69) is 6.92 Å². The fraction of sp³-hybridized carbons (Fsp3) is 0.529. The molecule has 0 aromatic heterocycles. The lowest BCUT2D eigenvalue weighted by Gasteiger charge is -2.33. The first-order chi connectivity index (χ1) is 11.6. The fourth-order valence-electron chi connectivity index (χ4n) is 3.65. The maximum Gasteiger partial charge on any atom is 0.415 e. The molecule has 2 amide bonds. The quantitative estimate of drug-likeness (QED) is 0.887. The van der Waals surface area contributed by atoms with E-state index in [0.717, 1.165) is 12.1 Å². The minimum absolute atomic E-state index is 0.131. The van der Waals surface area contributed by atoms with Gasteiger partial charge in [-0.3, -0.25) is 9.69 Å². The average molecular weight is 331 g/mol. The minimum Gasteiger partial charge on any atom is -0.489 e. The fourth-order valence-corrected chi connectivity index (χ4v) is 3.65. The van der Waals surface area contributed by atoms with Crippen molar-refractivity contribution in [3.8, 4) is 5.75 Å². The number of cyclic esters (lactones) is 1. The predicted molar refractivity (Wildman–Crippen MR) is 88.3 cm³/mol. The zero-order valence-corrected chi connectivity index (χ0v) is 13.6. The second-order valence-corrected chi connectivity index (χ2v) is 6.70. The van der Waals surface area contributed by atoms with Crippen molar-refractivity contribution >= 4 is 23.4 Å². The van der Waals surface area contributed by atoms with Gasteiger partial charge in [0, 0.05) is 31.3 Å². The van der Waals surface area contributed by atoms with Crippen molar-refractivity contribution < 1.29 is 19.1 Å². The summed E-state index contributed by atoms with van der Waals surface area (Å²) in [6.45, 7) is 3.42. The molecule has 0 aliphatic carbocycles. The van der Waals surface area contributed by atoms with E-state index >= 15 is 0 Å². The molecule has 7 nitrogen and oxygen atoms in total. The van der Waals surface area contributed by atoms with Crippen LogP contribution in [0.15, 0.2) is 18.2 Å². The summed E-state index contributed by atoms with van der Waals surface area (Å²) in [7, 11) is 0. The molecule has 1 aromatic rings. The average Bonchev–Trinajstić information content (AvgIpc) is 2.91. The molecule has 1 aromatic carbocycles. The summed E-state index contributed by atoms with van der Waals surface area (Å²) >= 11 is 0. The highest BCUT2D eigenvalue weighted by molar-refractivity contribution is 5.97. The van der Waals surface area contributed by atoms with Crippen LogP contribution in [0, 0.1) is 5.92 Å². The number of anilines is 2. The van der Waals surface area contributed by atoms with Crippen LogP contribution in [0.3, 0.4) is 0 Å². The summed E-state index contributed by atoms with van der Waals surface area (Å²) in [6.07, 6.45) is 0.810. The molecule has 0 unspecified atom stereocenters. The van der Waals surface area contributed by atoms with Crippen molar-refractivity contribution in [2.24, 2.45) is 11.7 Å². The van der Waals surface area contributed by atoms with Gasteiger partial charge in [-0.1, -0.05) is 6.92 Å². The molecule has 0 saturated carbocycles. The summed E-state index contributed by atoms with van der Waals surface area (Å²) < 4.78 is 11.1. The molecular formula is C17H21N3O4. The molecule has 2 fully saturated rings. The number of amides is 2. The lowest BCUT2D eigenvalue weighted by Crippen LogP contribution is -2.46. The second kappa shape index (κ2) is 5.66. The van der Waals surface area contributed by atoms with Gasteiger partial charge in [0.15, 0.2) is 0 Å². The standard InChI is InChI=1S/C17H21N3O4/c1-10-4-5-19(16(21)6-10)11-2-3-12-14(7-11)23-9-13-15(8-18)24-17(22)20(12)13/h2-3,7,10,13,15H,4-6,8-9,18H2,1H3/t10-,13+,15+/m1/s1. The minimum atomic E-state index is -0.393. The topological polar surface area (TPSA) is 85.1 Å². The smallest absolute Gasteiger partial charge is 0.415 e. The van der Waals surface area contributed by atoms with Gasteiger partial charge >= 0.3 is 6.09 Å². The van der Waals surface area contributed by atoms with E-state index < -0.39 is 6.09 Å². The van der Waals surface area contributed by atoms with Crippen LogP contribution in [0.4, 0.5) is 16.2 Å². The molecule has 3 atom stereocenters. The van der Waals surface area contributed by atoms with Crippen molar-refractivity contribution in [3.63, 3.8) is 0 Å². The number of nitrogens with two attached hydrogens (primary N) is 1. The van der Waals surface area contributed by atoms with E-state index in [0.29, 0.717) is 36.9 Å². The molecule has 24 heavy (non-hydrogen) atoms. The normalized spacial score (nSPS) is 29.0. The molecule has 0 bridgehead atoms. The van der Waals surface area contributed by atoms with Gasteiger partial charge in [0.2, 0.25) is 5.91 Å². The Hall–Kier alpha value is -2.28. The number of rotatable bonds is 2. The summed E-state index contributed by atoms with van der Waals surface area (Å²) in [5.41, 5.74) is 7.15. The Kier molecular flexibility index (Phi) is 3.60. The molecule has 2 N–H and O–H groups in total. The maximum atomic E-state index is 12.3. The first-order valence-corrected chi connectivity index (χ1v) is 8.35. The van der Waals surface area contributed by atoms with Crippen LogP contribution in [0.5, 0.6) is 5.75 Å². The van der Waals surface area contributed by atoms with Gasteiger partial charge in [-0.25, -0.2) is 4.79 Å². The highest BCUT2D eigenvalue weighted by atomic mass is 16.6. The van der Waals surface area contributed by atoms with Crippen molar-refractivity contribution in [1.29, 1.82) is 0 Å². The SMILES string of the molecule is C[C@@H]1CCN(c2ccc3c(c2)OC[C@H]2[C@H](CN)OC(=O)N32)C(=O)C1. The summed E-state index contributed by atoms with van der Waals surface area (Å²) in [4.78, 5) is 27.8. The van der Waals surface area contributed by atoms with E-state index in [4.69, 9.17) is 15.2 Å². The number of hydrogen-bond acceptors (Lipinski definition) is 5. The number of carbonyl (C=O) groups is 2. The van der Waals surface area contributed by atoms with Crippen molar-refractivity contribution in [2.75, 3.05) is 29.5 Å². The molecule has 0 spiro atoms. The molecule has 4 rings (SSSR count). The first-order valence-electron chi connectivity index (χ1n) is 8.35. The molecule has 3 heterocycles. The van der Waals surface area contributed by atoms with Gasteiger partial charge in [-0.05, 0) is 24.5 Å². The van der Waals surface area contributed by atoms with Crippen LogP contribution in [0.2, 0.25) is 0 Å². The second-order valence-electron chi connectivity index (χ2n) is 6.70. The monoisotopic (exact) mass is 331 g/mol. The van der Waals surface area contributed by atoms with Gasteiger partial charge in [0.25, 0.3) is 0 Å². The van der Waals surface area contributed by atoms with Crippen LogP contribution in [0.1, 0.15) is 19.8 Å². The van der Waals surface area contributed by atoms with Crippen molar-refractivity contribution in [2.45, 2.75) is 31.9 Å². The van der Waals surface area contributed by atoms with E-state index in [1.165, 1.54) is 0 Å². The first kappa shape index (κ1) is 15.3. The number of piperidine rings is 1. The molecule has 128 valence electrons. The third-order valence-electron chi connectivity index (χ3n) is 5.04. The number of nitrogens with zero attached hydrogens (tertiary/aromatic N) is 2. The Balaban J connectivity index is 1.63. The van der Waals surface area contributed by atoms with Crippen LogP contribution < -0.4 is 20.3 Å². The summed E-state index contributed by atoms with van der Waals surface area (Å²) in [6, 6.07) is 5.32. The Labute approximate surface area is 140 Å². The lowest BCUT2D eigenvalue weighted by molar-refractivity contribution is -0.120. The van der Waals surface area contributed by atoms with Gasteiger partial charge in [-0.15, -0.1) is 0 Å².